The van der Waals surface area contributed by atoms with Crippen molar-refractivity contribution in [3.05, 3.63) is 35.6 Å². The lowest BCUT2D eigenvalue weighted by molar-refractivity contribution is 0.463. The number of halogens is 2. The molecule has 1 saturated carbocycles. The summed E-state index contributed by atoms with van der Waals surface area (Å²) in [6, 6.07) is 7.06. The number of rotatable bonds is 4. The molecule has 0 heterocycles. The smallest absolute Gasteiger partial charge is 0.123 e. The number of hydrogen-bond donors (Lipinski definition) is 0. The molecule has 0 nitrogen and oxygen atoms in total. The lowest BCUT2D eigenvalue weighted by atomic mass is 9.89. The summed E-state index contributed by atoms with van der Waals surface area (Å²) in [5, 5.41) is 0.937. The Labute approximate surface area is 105 Å². The van der Waals surface area contributed by atoms with E-state index in [0.717, 1.165) is 16.8 Å². The number of benzene rings is 1. The van der Waals surface area contributed by atoms with E-state index in [4.69, 9.17) is 0 Å². The standard InChI is InChI=1S/C14H18BrF/c15-10-13(8-11-4-1-2-5-11)12-6-3-7-14(16)9-12/h3,6-7,9,11,13H,1-2,4-5,8,10H2. The molecule has 1 atom stereocenters. The number of hydrogen-bond acceptors (Lipinski definition) is 0. The Hall–Kier alpha value is -0.370. The van der Waals surface area contributed by atoms with Crippen LogP contribution in [0, 0.1) is 11.7 Å². The SMILES string of the molecule is Fc1cccc(C(CBr)CC2CCCC2)c1. The highest BCUT2D eigenvalue weighted by Gasteiger charge is 2.20. The highest BCUT2D eigenvalue weighted by molar-refractivity contribution is 9.09. The van der Waals surface area contributed by atoms with E-state index >= 15 is 0 Å². The summed E-state index contributed by atoms with van der Waals surface area (Å²) in [6.45, 7) is 0. The predicted octanol–water partition coefficient (Wildman–Crippen LogP) is 4.88. The van der Waals surface area contributed by atoms with Crippen LogP contribution in [0.4, 0.5) is 4.39 Å². The Morgan fingerprint density at radius 2 is 2.06 bits per heavy atom. The quantitative estimate of drug-likeness (QED) is 0.691. The van der Waals surface area contributed by atoms with E-state index < -0.39 is 0 Å². The van der Waals surface area contributed by atoms with Gasteiger partial charge in [-0.2, -0.15) is 0 Å². The third-order valence-corrected chi connectivity index (χ3v) is 4.38. The van der Waals surface area contributed by atoms with Crippen LogP contribution in [-0.2, 0) is 0 Å². The maximum Gasteiger partial charge on any atom is 0.123 e. The van der Waals surface area contributed by atoms with Crippen molar-refractivity contribution < 1.29 is 4.39 Å². The zero-order chi connectivity index (χ0) is 11.4. The molecule has 1 aromatic carbocycles. The normalized spacial score (nSPS) is 18.9. The summed E-state index contributed by atoms with van der Waals surface area (Å²) >= 11 is 3.56. The van der Waals surface area contributed by atoms with Crippen LogP contribution in [0.2, 0.25) is 0 Å². The minimum atomic E-state index is -0.116. The third-order valence-electron chi connectivity index (χ3n) is 3.60. The third kappa shape index (κ3) is 3.07. The Morgan fingerprint density at radius 1 is 1.31 bits per heavy atom. The van der Waals surface area contributed by atoms with Crippen molar-refractivity contribution in [3.8, 4) is 0 Å². The molecule has 0 radical (unpaired) electrons. The van der Waals surface area contributed by atoms with Crippen molar-refractivity contribution in [2.75, 3.05) is 5.33 Å². The highest BCUT2D eigenvalue weighted by Crippen LogP contribution is 2.35. The van der Waals surface area contributed by atoms with Crippen molar-refractivity contribution in [2.24, 2.45) is 5.92 Å². The molecule has 16 heavy (non-hydrogen) atoms. The van der Waals surface area contributed by atoms with Gasteiger partial charge in [0.1, 0.15) is 5.82 Å². The topological polar surface area (TPSA) is 0 Å². The molecule has 1 unspecified atom stereocenters. The molecule has 1 aromatic rings. The molecule has 1 fully saturated rings. The molecule has 88 valence electrons. The molecule has 0 saturated heterocycles. The van der Waals surface area contributed by atoms with Gasteiger partial charge in [0.05, 0.1) is 0 Å². The van der Waals surface area contributed by atoms with Gasteiger partial charge in [-0.1, -0.05) is 53.7 Å². The lowest BCUT2D eigenvalue weighted by Crippen LogP contribution is -2.06. The summed E-state index contributed by atoms with van der Waals surface area (Å²) in [5.41, 5.74) is 1.14. The summed E-state index contributed by atoms with van der Waals surface area (Å²) in [6.07, 6.45) is 6.68. The first-order valence-corrected chi connectivity index (χ1v) is 7.23. The zero-order valence-electron chi connectivity index (χ0n) is 9.46. The maximum absolute atomic E-state index is 13.2. The van der Waals surface area contributed by atoms with E-state index in [1.165, 1.54) is 38.2 Å². The summed E-state index contributed by atoms with van der Waals surface area (Å²) in [4.78, 5) is 0. The van der Waals surface area contributed by atoms with Crippen LogP contribution in [0.5, 0.6) is 0 Å². The first-order chi connectivity index (χ1) is 7.79. The molecule has 1 aliphatic carbocycles. The van der Waals surface area contributed by atoms with Gasteiger partial charge in [-0.15, -0.1) is 0 Å². The Morgan fingerprint density at radius 3 is 2.69 bits per heavy atom. The van der Waals surface area contributed by atoms with E-state index in [1.54, 1.807) is 6.07 Å². The molecule has 0 N–H and O–H groups in total. The molecular formula is C14H18BrF. The predicted molar refractivity (Wildman–Crippen MR) is 69.5 cm³/mol. The fraction of sp³-hybridized carbons (Fsp3) is 0.571. The van der Waals surface area contributed by atoms with Crippen molar-refractivity contribution >= 4 is 15.9 Å². The second kappa shape index (κ2) is 5.81. The monoisotopic (exact) mass is 284 g/mol. The molecule has 2 heteroatoms. The zero-order valence-corrected chi connectivity index (χ0v) is 11.0. The summed E-state index contributed by atoms with van der Waals surface area (Å²) in [5.74, 6) is 1.21. The largest absolute Gasteiger partial charge is 0.207 e. The van der Waals surface area contributed by atoms with Gasteiger partial charge >= 0.3 is 0 Å². The average molecular weight is 285 g/mol. The summed E-state index contributed by atoms with van der Waals surface area (Å²) in [7, 11) is 0. The van der Waals surface area contributed by atoms with Crippen LogP contribution in [0.1, 0.15) is 43.6 Å². The van der Waals surface area contributed by atoms with Crippen LogP contribution in [0.3, 0.4) is 0 Å². The molecule has 0 amide bonds. The van der Waals surface area contributed by atoms with Gasteiger partial charge in [-0.05, 0) is 36.0 Å². The molecular weight excluding hydrogens is 267 g/mol. The first kappa shape index (κ1) is 12.1. The van der Waals surface area contributed by atoms with Crippen LogP contribution >= 0.6 is 15.9 Å². The first-order valence-electron chi connectivity index (χ1n) is 6.11. The fourth-order valence-corrected chi connectivity index (χ4v) is 3.34. The molecule has 0 spiro atoms. The highest BCUT2D eigenvalue weighted by atomic mass is 79.9. The molecule has 0 bridgehead atoms. The van der Waals surface area contributed by atoms with Gasteiger partial charge in [0.15, 0.2) is 0 Å². The van der Waals surface area contributed by atoms with Gasteiger partial charge in [0.25, 0.3) is 0 Å². The Bertz CT molecular complexity index is 331. The molecule has 0 aliphatic heterocycles. The van der Waals surface area contributed by atoms with Crippen molar-refractivity contribution in [1.29, 1.82) is 0 Å². The van der Waals surface area contributed by atoms with Crippen molar-refractivity contribution in [2.45, 2.75) is 38.0 Å². The van der Waals surface area contributed by atoms with E-state index in [2.05, 4.69) is 15.9 Å². The van der Waals surface area contributed by atoms with Crippen LogP contribution in [-0.4, -0.2) is 5.33 Å². The molecule has 0 aromatic heterocycles. The van der Waals surface area contributed by atoms with Crippen molar-refractivity contribution in [3.63, 3.8) is 0 Å². The van der Waals surface area contributed by atoms with E-state index in [-0.39, 0.29) is 5.82 Å². The van der Waals surface area contributed by atoms with E-state index in [0.29, 0.717) is 5.92 Å². The fourth-order valence-electron chi connectivity index (χ4n) is 2.70. The van der Waals surface area contributed by atoms with Gasteiger partial charge < -0.3 is 0 Å². The van der Waals surface area contributed by atoms with Crippen molar-refractivity contribution in [1.82, 2.24) is 0 Å². The minimum absolute atomic E-state index is 0.116. The lowest BCUT2D eigenvalue weighted by Gasteiger charge is -2.18. The van der Waals surface area contributed by atoms with Gasteiger partial charge in [-0.3, -0.25) is 0 Å². The van der Waals surface area contributed by atoms with E-state index in [9.17, 15) is 4.39 Å². The van der Waals surface area contributed by atoms with Crippen LogP contribution in [0.25, 0.3) is 0 Å². The molecule has 1 aliphatic rings. The second-order valence-corrected chi connectivity index (χ2v) is 5.44. The van der Waals surface area contributed by atoms with Gasteiger partial charge in [0.2, 0.25) is 0 Å². The maximum atomic E-state index is 13.2. The van der Waals surface area contributed by atoms with E-state index in [1.807, 2.05) is 12.1 Å². The van der Waals surface area contributed by atoms with Crippen LogP contribution in [0.15, 0.2) is 24.3 Å². The molecule has 2 rings (SSSR count). The second-order valence-electron chi connectivity index (χ2n) is 4.79. The minimum Gasteiger partial charge on any atom is -0.207 e. The number of alkyl halides is 1. The Balaban J connectivity index is 2.03. The van der Waals surface area contributed by atoms with Gasteiger partial charge in [0, 0.05) is 5.33 Å². The Kier molecular flexibility index (Phi) is 4.39. The van der Waals surface area contributed by atoms with Gasteiger partial charge in [-0.25, -0.2) is 4.39 Å². The average Bonchev–Trinajstić information content (AvgIpc) is 2.78. The van der Waals surface area contributed by atoms with Crippen LogP contribution < -0.4 is 0 Å². The summed E-state index contributed by atoms with van der Waals surface area (Å²) < 4.78 is 13.2.